The van der Waals surface area contributed by atoms with Crippen molar-refractivity contribution in [3.8, 4) is 0 Å². The van der Waals surface area contributed by atoms with Crippen LogP contribution in [0.25, 0.3) is 0 Å². The van der Waals surface area contributed by atoms with Crippen molar-refractivity contribution in [2.24, 2.45) is 0 Å². The molecule has 0 radical (unpaired) electrons. The molecule has 0 aliphatic rings. The fourth-order valence-corrected chi connectivity index (χ4v) is 3.71. The van der Waals surface area contributed by atoms with E-state index in [1.54, 1.807) is 20.8 Å². The molecule has 0 spiro atoms. The van der Waals surface area contributed by atoms with Gasteiger partial charge in [0, 0.05) is 24.0 Å². The van der Waals surface area contributed by atoms with Crippen molar-refractivity contribution in [2.75, 3.05) is 6.54 Å². The van der Waals surface area contributed by atoms with Crippen LogP contribution in [0.5, 0.6) is 0 Å². The molecule has 9 heteroatoms. The minimum atomic E-state index is -1.24. The highest BCUT2D eigenvalue weighted by atomic mass is 79.9. The number of carbonyl (C=O) groups is 2. The van der Waals surface area contributed by atoms with Crippen LogP contribution in [0.15, 0.2) is 46.9 Å². The minimum Gasteiger partial charge on any atom is -0.444 e. The first-order valence-corrected chi connectivity index (χ1v) is 11.2. The predicted octanol–water partition coefficient (Wildman–Crippen LogP) is 4.57. The van der Waals surface area contributed by atoms with E-state index in [0.717, 1.165) is 28.2 Å². The van der Waals surface area contributed by atoms with Crippen LogP contribution < -0.4 is 5.32 Å². The highest BCUT2D eigenvalue weighted by molar-refractivity contribution is 9.10. The predicted molar refractivity (Wildman–Crippen MR) is 124 cm³/mol. The Morgan fingerprint density at radius 2 is 1.76 bits per heavy atom. The van der Waals surface area contributed by atoms with Gasteiger partial charge in [0.05, 0.1) is 18.7 Å². The number of hydrogen-bond acceptors (Lipinski definition) is 4. The number of halogens is 3. The number of amides is 2. The summed E-state index contributed by atoms with van der Waals surface area (Å²) in [6.07, 6.45) is -1.91. The molecule has 0 saturated heterocycles. The number of aliphatic hydroxyl groups is 1. The normalized spacial score (nSPS) is 13.2. The van der Waals surface area contributed by atoms with Gasteiger partial charge in [0.15, 0.2) is 0 Å². The summed E-state index contributed by atoms with van der Waals surface area (Å²) in [6, 6.07) is 9.46. The van der Waals surface area contributed by atoms with Gasteiger partial charge in [-0.3, -0.25) is 4.79 Å². The molecule has 0 aromatic heterocycles. The minimum absolute atomic E-state index is 0.0333. The maximum Gasteiger partial charge on any atom is 0.410 e. The molecule has 2 aromatic rings. The van der Waals surface area contributed by atoms with E-state index < -0.39 is 41.4 Å². The van der Waals surface area contributed by atoms with E-state index in [1.165, 1.54) is 11.8 Å². The topological polar surface area (TPSA) is 78.9 Å². The number of nitrogens with zero attached hydrogens (tertiary/aromatic N) is 1. The number of carbonyl (C=O) groups excluding carboxylic acids is 2. The smallest absolute Gasteiger partial charge is 0.410 e. The monoisotopic (exact) mass is 526 g/mol. The second kappa shape index (κ2) is 11.6. The molecule has 0 saturated carbocycles. The van der Waals surface area contributed by atoms with Crippen LogP contribution in [0.4, 0.5) is 13.6 Å². The third kappa shape index (κ3) is 9.47. The van der Waals surface area contributed by atoms with E-state index in [1.807, 2.05) is 24.3 Å². The number of rotatable bonds is 8. The molecular formula is C24H29BrF2N2O4. The second-order valence-electron chi connectivity index (χ2n) is 8.85. The molecule has 0 fully saturated rings. The standard InChI is InChI=1S/C24H29BrF2N2O4/c1-15(30)28-21(11-17-9-19(26)12-20(27)10-17)22(31)14-29(23(32)33-24(2,3)4)13-16-6-5-7-18(25)8-16/h5-10,12,21-22,31H,11,13-14H2,1-4H3,(H,28,30)/t21?,22-/m1/s1. The van der Waals surface area contributed by atoms with Crippen molar-refractivity contribution >= 4 is 27.9 Å². The number of hydrogen-bond donors (Lipinski definition) is 2. The number of benzene rings is 2. The van der Waals surface area contributed by atoms with E-state index in [0.29, 0.717) is 0 Å². The molecule has 2 rings (SSSR count). The van der Waals surface area contributed by atoms with Crippen LogP contribution in [0.2, 0.25) is 0 Å². The Morgan fingerprint density at radius 3 is 2.30 bits per heavy atom. The van der Waals surface area contributed by atoms with Gasteiger partial charge in [-0.15, -0.1) is 0 Å². The van der Waals surface area contributed by atoms with Crippen molar-refractivity contribution in [1.29, 1.82) is 0 Å². The summed E-state index contributed by atoms with van der Waals surface area (Å²) >= 11 is 3.40. The largest absolute Gasteiger partial charge is 0.444 e. The fraction of sp³-hybridized carbons (Fsp3) is 0.417. The highest BCUT2D eigenvalue weighted by Crippen LogP contribution is 2.18. The Balaban J connectivity index is 2.26. The van der Waals surface area contributed by atoms with Gasteiger partial charge in [0.1, 0.15) is 17.2 Å². The van der Waals surface area contributed by atoms with Crippen LogP contribution in [0.1, 0.15) is 38.8 Å². The molecule has 2 aromatic carbocycles. The molecule has 0 heterocycles. The van der Waals surface area contributed by atoms with Crippen molar-refractivity contribution in [1.82, 2.24) is 10.2 Å². The Labute approximate surface area is 201 Å². The zero-order chi connectivity index (χ0) is 24.8. The SMILES string of the molecule is CC(=O)NC(Cc1cc(F)cc(F)c1)[C@H](O)CN(Cc1cccc(Br)c1)C(=O)OC(C)(C)C. The van der Waals surface area contributed by atoms with Crippen LogP contribution in [-0.2, 0) is 22.5 Å². The fourth-order valence-electron chi connectivity index (χ4n) is 3.27. The molecule has 0 aliphatic carbocycles. The first-order chi connectivity index (χ1) is 15.3. The zero-order valence-electron chi connectivity index (χ0n) is 19.1. The zero-order valence-corrected chi connectivity index (χ0v) is 20.7. The van der Waals surface area contributed by atoms with Gasteiger partial charge in [-0.05, 0) is 62.6 Å². The molecule has 180 valence electrons. The lowest BCUT2D eigenvalue weighted by Crippen LogP contribution is -2.50. The molecule has 2 atom stereocenters. The lowest BCUT2D eigenvalue weighted by molar-refractivity contribution is -0.120. The van der Waals surface area contributed by atoms with E-state index >= 15 is 0 Å². The van der Waals surface area contributed by atoms with Crippen molar-refractivity contribution in [2.45, 2.75) is 58.4 Å². The van der Waals surface area contributed by atoms with Gasteiger partial charge in [-0.1, -0.05) is 28.1 Å². The maximum atomic E-state index is 13.6. The van der Waals surface area contributed by atoms with E-state index in [4.69, 9.17) is 4.74 Å². The third-order valence-corrected chi connectivity index (χ3v) is 5.05. The Kier molecular flexibility index (Phi) is 9.36. The van der Waals surface area contributed by atoms with Gasteiger partial charge >= 0.3 is 6.09 Å². The summed E-state index contributed by atoms with van der Waals surface area (Å²) in [5.41, 5.74) is 0.306. The molecule has 2 amide bonds. The molecule has 2 N–H and O–H groups in total. The lowest BCUT2D eigenvalue weighted by Gasteiger charge is -2.32. The first kappa shape index (κ1) is 26.7. The molecule has 33 heavy (non-hydrogen) atoms. The summed E-state index contributed by atoms with van der Waals surface area (Å²) in [4.78, 5) is 25.9. The molecule has 6 nitrogen and oxygen atoms in total. The molecule has 0 bridgehead atoms. The van der Waals surface area contributed by atoms with Crippen LogP contribution in [-0.4, -0.2) is 46.3 Å². The van der Waals surface area contributed by atoms with Gasteiger partial charge in [-0.25, -0.2) is 13.6 Å². The highest BCUT2D eigenvalue weighted by Gasteiger charge is 2.29. The molecule has 0 aliphatic heterocycles. The summed E-state index contributed by atoms with van der Waals surface area (Å²) in [5, 5.41) is 13.6. The summed E-state index contributed by atoms with van der Waals surface area (Å²) in [5.74, 6) is -1.94. The summed E-state index contributed by atoms with van der Waals surface area (Å²) < 4.78 is 33.6. The van der Waals surface area contributed by atoms with Crippen molar-refractivity contribution < 1.29 is 28.2 Å². The lowest BCUT2D eigenvalue weighted by atomic mass is 10.00. The quantitative estimate of drug-likeness (QED) is 0.527. The number of ether oxygens (including phenoxy) is 1. The number of aliphatic hydroxyl groups excluding tert-OH is 1. The summed E-state index contributed by atoms with van der Waals surface area (Å²) in [7, 11) is 0. The second-order valence-corrected chi connectivity index (χ2v) is 9.76. The van der Waals surface area contributed by atoms with E-state index in [9.17, 15) is 23.5 Å². The van der Waals surface area contributed by atoms with Gasteiger partial charge in [-0.2, -0.15) is 0 Å². The molecule has 1 unspecified atom stereocenters. The summed E-state index contributed by atoms with van der Waals surface area (Å²) in [6.45, 7) is 6.45. The first-order valence-electron chi connectivity index (χ1n) is 10.4. The van der Waals surface area contributed by atoms with Crippen LogP contribution in [0, 0.1) is 11.6 Å². The van der Waals surface area contributed by atoms with Gasteiger partial charge in [0.25, 0.3) is 0 Å². The molecular weight excluding hydrogens is 498 g/mol. The maximum absolute atomic E-state index is 13.6. The Hall–Kier alpha value is -2.52. The van der Waals surface area contributed by atoms with Crippen LogP contribution in [0.3, 0.4) is 0 Å². The van der Waals surface area contributed by atoms with Gasteiger partial charge in [0.2, 0.25) is 5.91 Å². The van der Waals surface area contributed by atoms with Crippen LogP contribution >= 0.6 is 15.9 Å². The van der Waals surface area contributed by atoms with Crippen molar-refractivity contribution in [3.05, 3.63) is 69.7 Å². The van der Waals surface area contributed by atoms with E-state index in [-0.39, 0.29) is 25.1 Å². The van der Waals surface area contributed by atoms with Crippen molar-refractivity contribution in [3.63, 3.8) is 0 Å². The van der Waals surface area contributed by atoms with Gasteiger partial charge < -0.3 is 20.1 Å². The third-order valence-electron chi connectivity index (χ3n) is 4.55. The average Bonchev–Trinajstić information content (AvgIpc) is 2.64. The van der Waals surface area contributed by atoms with E-state index in [2.05, 4.69) is 21.2 Å². The Bertz CT molecular complexity index is 961. The Morgan fingerprint density at radius 1 is 1.12 bits per heavy atom. The average molecular weight is 527 g/mol. The number of nitrogens with one attached hydrogen (secondary N) is 1.